The number of carbonyl (C=O) groups excluding carboxylic acids is 4. The highest BCUT2D eigenvalue weighted by Crippen LogP contribution is 2.15. The van der Waals surface area contributed by atoms with Crippen LogP contribution in [0.2, 0.25) is 0 Å². The summed E-state index contributed by atoms with van der Waals surface area (Å²) in [7, 11) is 0. The van der Waals surface area contributed by atoms with Gasteiger partial charge in [0.2, 0.25) is 5.91 Å². The van der Waals surface area contributed by atoms with E-state index in [1.807, 2.05) is 31.4 Å². The Labute approximate surface area is 184 Å². The molecule has 9 nitrogen and oxygen atoms in total. The number of halogens is 1. The predicted octanol–water partition coefficient (Wildman–Crippen LogP) is 1.90. The summed E-state index contributed by atoms with van der Waals surface area (Å²) < 4.78 is 13.1. The van der Waals surface area contributed by atoms with Crippen molar-refractivity contribution in [3.05, 3.63) is 65.0 Å². The standard InChI is InChI=1S/C22H24FN5O4/c1-13-3-8-17(11-14(13)2)25-20(30)10-9-18(27-28-22(32)21(31)26-24)12-19(29)15-4-6-16(23)7-5-15/h3-8,11H,9-10,12,24H2,1-2H3,(H,25,30)(H,26,31)(H,28,32). The number of amides is 3. The van der Waals surface area contributed by atoms with E-state index in [0.29, 0.717) is 5.69 Å². The van der Waals surface area contributed by atoms with Crippen LogP contribution in [-0.4, -0.2) is 29.2 Å². The Balaban J connectivity index is 2.07. The molecule has 0 aliphatic rings. The summed E-state index contributed by atoms with van der Waals surface area (Å²) in [5.74, 6) is 1.45. The van der Waals surface area contributed by atoms with E-state index in [4.69, 9.17) is 5.84 Å². The molecule has 0 unspecified atom stereocenters. The Morgan fingerprint density at radius 1 is 0.938 bits per heavy atom. The van der Waals surface area contributed by atoms with Crippen molar-refractivity contribution in [1.82, 2.24) is 10.9 Å². The van der Waals surface area contributed by atoms with Crippen LogP contribution in [0.4, 0.5) is 10.1 Å². The fourth-order valence-electron chi connectivity index (χ4n) is 2.65. The number of hydrogen-bond donors (Lipinski definition) is 4. The molecule has 0 radical (unpaired) electrons. The summed E-state index contributed by atoms with van der Waals surface area (Å²) in [6, 6.07) is 10.4. The third-order valence-electron chi connectivity index (χ3n) is 4.62. The van der Waals surface area contributed by atoms with Gasteiger partial charge in [0.05, 0.1) is 6.42 Å². The van der Waals surface area contributed by atoms with Crippen LogP contribution in [0.15, 0.2) is 47.6 Å². The van der Waals surface area contributed by atoms with Gasteiger partial charge in [-0.25, -0.2) is 15.7 Å². The van der Waals surface area contributed by atoms with Gasteiger partial charge in [-0.1, -0.05) is 6.07 Å². The number of ketones is 1. The van der Waals surface area contributed by atoms with Crippen molar-refractivity contribution >= 4 is 34.9 Å². The molecule has 0 heterocycles. The largest absolute Gasteiger partial charge is 0.330 e. The lowest BCUT2D eigenvalue weighted by Gasteiger charge is -2.09. The van der Waals surface area contributed by atoms with Gasteiger partial charge in [-0.05, 0) is 67.8 Å². The summed E-state index contributed by atoms with van der Waals surface area (Å²) in [5.41, 5.74) is 6.81. The summed E-state index contributed by atoms with van der Waals surface area (Å²) >= 11 is 0. The van der Waals surface area contributed by atoms with Gasteiger partial charge < -0.3 is 5.32 Å². The minimum Gasteiger partial charge on any atom is -0.326 e. The second-order valence-corrected chi connectivity index (χ2v) is 7.05. The lowest BCUT2D eigenvalue weighted by Crippen LogP contribution is -2.41. The maximum Gasteiger partial charge on any atom is 0.330 e. The van der Waals surface area contributed by atoms with E-state index in [9.17, 15) is 23.6 Å². The molecule has 5 N–H and O–H groups in total. The number of nitrogens with zero attached hydrogens (tertiary/aromatic N) is 1. The summed E-state index contributed by atoms with van der Waals surface area (Å²) in [6.45, 7) is 3.89. The van der Waals surface area contributed by atoms with Crippen molar-refractivity contribution < 1.29 is 23.6 Å². The van der Waals surface area contributed by atoms with E-state index in [-0.39, 0.29) is 36.4 Å². The molecule has 0 saturated heterocycles. The van der Waals surface area contributed by atoms with Crippen LogP contribution in [0.5, 0.6) is 0 Å². The lowest BCUT2D eigenvalue weighted by atomic mass is 10.0. The van der Waals surface area contributed by atoms with E-state index < -0.39 is 23.4 Å². The number of benzene rings is 2. The number of carbonyl (C=O) groups is 4. The Kier molecular flexibility index (Phi) is 8.72. The number of hydrazone groups is 1. The second kappa shape index (κ2) is 11.5. The molecule has 10 heteroatoms. The highest BCUT2D eigenvalue weighted by molar-refractivity contribution is 6.35. The number of nitrogens with one attached hydrogen (secondary N) is 3. The molecule has 0 aliphatic heterocycles. The van der Waals surface area contributed by atoms with Crippen LogP contribution in [0.1, 0.15) is 40.7 Å². The first-order chi connectivity index (χ1) is 15.2. The molecular formula is C22H24FN5O4. The van der Waals surface area contributed by atoms with Crippen LogP contribution in [0.3, 0.4) is 0 Å². The lowest BCUT2D eigenvalue weighted by molar-refractivity contribution is -0.139. The van der Waals surface area contributed by atoms with E-state index in [1.54, 1.807) is 11.5 Å². The molecule has 0 aliphatic carbocycles. The Hall–Kier alpha value is -3.92. The zero-order chi connectivity index (χ0) is 23.7. The van der Waals surface area contributed by atoms with E-state index in [0.717, 1.165) is 23.3 Å². The topological polar surface area (TPSA) is 143 Å². The van der Waals surface area contributed by atoms with E-state index in [2.05, 4.69) is 10.4 Å². The van der Waals surface area contributed by atoms with Crippen molar-refractivity contribution in [2.75, 3.05) is 5.32 Å². The zero-order valence-electron chi connectivity index (χ0n) is 17.7. The van der Waals surface area contributed by atoms with Gasteiger partial charge in [-0.3, -0.25) is 24.6 Å². The van der Waals surface area contributed by atoms with Crippen LogP contribution in [-0.2, 0) is 14.4 Å². The molecule has 168 valence electrons. The number of rotatable bonds is 8. The number of Topliss-reactive ketones (excluding diaryl/α,β-unsaturated/α-hetero) is 1. The predicted molar refractivity (Wildman–Crippen MR) is 117 cm³/mol. The summed E-state index contributed by atoms with van der Waals surface area (Å²) in [6.07, 6.45) is -0.234. The summed E-state index contributed by atoms with van der Waals surface area (Å²) in [4.78, 5) is 47.7. The third-order valence-corrected chi connectivity index (χ3v) is 4.62. The van der Waals surface area contributed by atoms with Crippen molar-refractivity contribution in [3.63, 3.8) is 0 Å². The average Bonchev–Trinajstić information content (AvgIpc) is 2.77. The molecule has 0 aromatic heterocycles. The molecule has 0 saturated carbocycles. The first-order valence-corrected chi connectivity index (χ1v) is 9.71. The number of hydrogen-bond acceptors (Lipinski definition) is 6. The molecule has 2 rings (SSSR count). The van der Waals surface area contributed by atoms with Crippen molar-refractivity contribution in [2.45, 2.75) is 33.1 Å². The molecule has 0 atom stereocenters. The minimum absolute atomic E-state index is 0.0264. The van der Waals surface area contributed by atoms with Gasteiger partial charge >= 0.3 is 11.8 Å². The molecule has 32 heavy (non-hydrogen) atoms. The van der Waals surface area contributed by atoms with Gasteiger partial charge in [0.25, 0.3) is 0 Å². The SMILES string of the molecule is Cc1ccc(NC(=O)CCC(CC(=O)c2ccc(F)cc2)=NNC(=O)C(=O)NN)cc1C. The van der Waals surface area contributed by atoms with Gasteiger partial charge in [0.15, 0.2) is 5.78 Å². The number of hydrazine groups is 1. The van der Waals surface area contributed by atoms with Crippen LogP contribution in [0.25, 0.3) is 0 Å². The van der Waals surface area contributed by atoms with Gasteiger partial charge in [-0.15, -0.1) is 0 Å². The fraction of sp³-hybridized carbons (Fsp3) is 0.227. The first-order valence-electron chi connectivity index (χ1n) is 9.71. The minimum atomic E-state index is -1.13. The normalized spacial score (nSPS) is 10.9. The number of aryl methyl sites for hydroxylation is 2. The summed E-state index contributed by atoms with van der Waals surface area (Å²) in [5, 5.41) is 6.57. The molecule has 0 spiro atoms. The first kappa shape index (κ1) is 24.4. The maximum atomic E-state index is 13.1. The number of nitrogens with two attached hydrogens (primary N) is 1. The zero-order valence-corrected chi connectivity index (χ0v) is 17.7. The molecule has 2 aromatic carbocycles. The van der Waals surface area contributed by atoms with Gasteiger partial charge in [0.1, 0.15) is 5.82 Å². The molecular weight excluding hydrogens is 417 g/mol. The van der Waals surface area contributed by atoms with E-state index >= 15 is 0 Å². The third kappa shape index (κ3) is 7.40. The Morgan fingerprint density at radius 3 is 2.25 bits per heavy atom. The average molecular weight is 441 g/mol. The quantitative estimate of drug-likeness (QED) is 0.124. The number of anilines is 1. The van der Waals surface area contributed by atoms with Crippen LogP contribution < -0.4 is 22.0 Å². The highest BCUT2D eigenvalue weighted by Gasteiger charge is 2.15. The second-order valence-electron chi connectivity index (χ2n) is 7.05. The molecule has 2 aromatic rings. The van der Waals surface area contributed by atoms with Crippen LogP contribution >= 0.6 is 0 Å². The monoisotopic (exact) mass is 441 g/mol. The molecule has 0 fully saturated rings. The van der Waals surface area contributed by atoms with E-state index in [1.165, 1.54) is 12.1 Å². The molecule has 3 amide bonds. The van der Waals surface area contributed by atoms with Crippen molar-refractivity contribution in [1.29, 1.82) is 0 Å². The molecule has 0 bridgehead atoms. The van der Waals surface area contributed by atoms with Crippen LogP contribution in [0, 0.1) is 19.7 Å². The fourth-order valence-corrected chi connectivity index (χ4v) is 2.65. The van der Waals surface area contributed by atoms with Gasteiger partial charge in [-0.2, -0.15) is 5.10 Å². The maximum absolute atomic E-state index is 13.1. The van der Waals surface area contributed by atoms with Gasteiger partial charge in [0, 0.05) is 23.4 Å². The Morgan fingerprint density at radius 2 is 1.62 bits per heavy atom. The smallest absolute Gasteiger partial charge is 0.326 e. The highest BCUT2D eigenvalue weighted by atomic mass is 19.1. The van der Waals surface area contributed by atoms with Crippen molar-refractivity contribution in [2.24, 2.45) is 10.9 Å². The Bertz CT molecular complexity index is 1050. The van der Waals surface area contributed by atoms with Crippen molar-refractivity contribution in [3.8, 4) is 0 Å².